The van der Waals surface area contributed by atoms with Crippen LogP contribution in [0.3, 0.4) is 0 Å². The van der Waals surface area contributed by atoms with Crippen molar-refractivity contribution >= 4 is 0 Å². The van der Waals surface area contributed by atoms with Gasteiger partial charge in [0, 0.05) is 12.5 Å². The summed E-state index contributed by atoms with van der Waals surface area (Å²) in [6.07, 6.45) is 2.63. The first-order valence-corrected chi connectivity index (χ1v) is 7.07. The van der Waals surface area contributed by atoms with Gasteiger partial charge in [-0.3, -0.25) is 0 Å². The lowest BCUT2D eigenvalue weighted by molar-refractivity contribution is 0.188. The lowest BCUT2D eigenvalue weighted by Gasteiger charge is -2.35. The molecule has 0 amide bonds. The van der Waals surface area contributed by atoms with Gasteiger partial charge in [0.15, 0.2) is 0 Å². The number of likely N-dealkylation sites (tertiary alicyclic amines) is 1. The van der Waals surface area contributed by atoms with Crippen LogP contribution in [0.15, 0.2) is 18.2 Å². The van der Waals surface area contributed by atoms with Gasteiger partial charge in [0.05, 0.1) is 0 Å². The minimum atomic E-state index is 0.521. The quantitative estimate of drug-likeness (QED) is 0.888. The molecule has 2 atom stereocenters. The van der Waals surface area contributed by atoms with E-state index in [9.17, 15) is 0 Å². The van der Waals surface area contributed by atoms with Crippen LogP contribution in [0.1, 0.15) is 35.4 Å². The molecule has 1 aliphatic heterocycles. The third-order valence-electron chi connectivity index (χ3n) is 4.32. The summed E-state index contributed by atoms with van der Waals surface area (Å²) in [5.74, 6) is 1.24. The summed E-state index contributed by atoms with van der Waals surface area (Å²) in [7, 11) is 2.23. The maximum absolute atomic E-state index is 6.08. The summed E-state index contributed by atoms with van der Waals surface area (Å²) in [5, 5.41) is 0. The lowest BCUT2D eigenvalue weighted by atomic mass is 9.79. The molecule has 1 fully saturated rings. The van der Waals surface area contributed by atoms with Crippen molar-refractivity contribution in [3.05, 3.63) is 34.9 Å². The summed E-state index contributed by atoms with van der Waals surface area (Å²) in [6, 6.07) is 6.76. The number of benzene rings is 1. The maximum Gasteiger partial charge on any atom is 0.00129 e. The van der Waals surface area contributed by atoms with Crippen LogP contribution in [-0.2, 0) is 0 Å². The van der Waals surface area contributed by atoms with Crippen LogP contribution in [0.2, 0.25) is 0 Å². The molecule has 1 heterocycles. The van der Waals surface area contributed by atoms with Gasteiger partial charge in [0.2, 0.25) is 0 Å². The number of nitrogens with two attached hydrogens (primary N) is 1. The van der Waals surface area contributed by atoms with Gasteiger partial charge in [-0.1, -0.05) is 23.8 Å². The number of piperidine rings is 1. The fourth-order valence-electron chi connectivity index (χ4n) is 3.27. The van der Waals surface area contributed by atoms with Gasteiger partial charge in [-0.05, 0) is 63.9 Å². The largest absolute Gasteiger partial charge is 0.330 e. The standard InChI is InChI=1S/C16H26N2/c1-12-6-7-13(2)15(9-12)16(10-17)14-5-4-8-18(3)11-14/h6-7,9,14,16H,4-5,8,10-11,17H2,1-3H3. The number of hydrogen-bond donors (Lipinski definition) is 1. The van der Waals surface area contributed by atoms with Crippen molar-refractivity contribution < 1.29 is 0 Å². The molecular formula is C16H26N2. The van der Waals surface area contributed by atoms with Crippen molar-refractivity contribution in [3.8, 4) is 0 Å². The van der Waals surface area contributed by atoms with Crippen LogP contribution in [0, 0.1) is 19.8 Å². The predicted octanol–water partition coefficient (Wildman–Crippen LogP) is 2.69. The Morgan fingerprint density at radius 3 is 2.83 bits per heavy atom. The zero-order valence-electron chi connectivity index (χ0n) is 11.9. The van der Waals surface area contributed by atoms with Crippen LogP contribution in [-0.4, -0.2) is 31.6 Å². The van der Waals surface area contributed by atoms with E-state index in [2.05, 4.69) is 44.0 Å². The molecule has 1 aromatic carbocycles. The molecule has 2 nitrogen and oxygen atoms in total. The maximum atomic E-state index is 6.08. The van der Waals surface area contributed by atoms with Gasteiger partial charge in [-0.15, -0.1) is 0 Å². The van der Waals surface area contributed by atoms with E-state index in [0.29, 0.717) is 11.8 Å². The highest BCUT2D eigenvalue weighted by atomic mass is 15.1. The summed E-state index contributed by atoms with van der Waals surface area (Å²) in [6.45, 7) is 7.58. The van der Waals surface area contributed by atoms with E-state index in [1.807, 2.05) is 0 Å². The molecular weight excluding hydrogens is 220 g/mol. The Morgan fingerprint density at radius 2 is 2.17 bits per heavy atom. The number of aryl methyl sites for hydroxylation is 2. The Balaban J connectivity index is 2.24. The highest BCUT2D eigenvalue weighted by Gasteiger charge is 2.27. The van der Waals surface area contributed by atoms with Crippen molar-refractivity contribution in [3.63, 3.8) is 0 Å². The molecule has 0 radical (unpaired) electrons. The van der Waals surface area contributed by atoms with Gasteiger partial charge in [0.1, 0.15) is 0 Å². The first kappa shape index (κ1) is 13.6. The predicted molar refractivity (Wildman–Crippen MR) is 77.9 cm³/mol. The zero-order valence-corrected chi connectivity index (χ0v) is 11.9. The average molecular weight is 246 g/mol. The van der Waals surface area contributed by atoms with Crippen molar-refractivity contribution in [2.75, 3.05) is 26.7 Å². The van der Waals surface area contributed by atoms with E-state index in [4.69, 9.17) is 5.73 Å². The summed E-state index contributed by atoms with van der Waals surface area (Å²) in [5.41, 5.74) is 10.3. The number of hydrogen-bond acceptors (Lipinski definition) is 2. The molecule has 0 saturated carbocycles. The van der Waals surface area contributed by atoms with E-state index in [1.165, 1.54) is 42.6 Å². The summed E-state index contributed by atoms with van der Waals surface area (Å²) < 4.78 is 0. The molecule has 1 aliphatic rings. The summed E-state index contributed by atoms with van der Waals surface area (Å²) >= 11 is 0. The van der Waals surface area contributed by atoms with Crippen molar-refractivity contribution in [1.29, 1.82) is 0 Å². The first-order valence-electron chi connectivity index (χ1n) is 7.07. The minimum absolute atomic E-state index is 0.521. The normalized spacial score (nSPS) is 23.0. The third-order valence-corrected chi connectivity index (χ3v) is 4.32. The summed E-state index contributed by atoms with van der Waals surface area (Å²) in [4.78, 5) is 2.45. The minimum Gasteiger partial charge on any atom is -0.330 e. The van der Waals surface area contributed by atoms with Gasteiger partial charge in [0.25, 0.3) is 0 Å². The fourth-order valence-corrected chi connectivity index (χ4v) is 3.27. The van der Waals surface area contributed by atoms with Gasteiger partial charge >= 0.3 is 0 Å². The number of rotatable bonds is 3. The highest BCUT2D eigenvalue weighted by Crippen LogP contribution is 2.32. The molecule has 1 aromatic rings. The second kappa shape index (κ2) is 5.85. The van der Waals surface area contributed by atoms with E-state index < -0.39 is 0 Å². The first-order chi connectivity index (χ1) is 8.61. The molecule has 0 aromatic heterocycles. The van der Waals surface area contributed by atoms with Gasteiger partial charge in [-0.2, -0.15) is 0 Å². The van der Waals surface area contributed by atoms with Crippen LogP contribution < -0.4 is 5.73 Å². The fraction of sp³-hybridized carbons (Fsp3) is 0.625. The molecule has 18 heavy (non-hydrogen) atoms. The second-order valence-corrected chi connectivity index (χ2v) is 5.87. The topological polar surface area (TPSA) is 29.3 Å². The zero-order chi connectivity index (χ0) is 13.1. The number of nitrogens with zero attached hydrogens (tertiary/aromatic N) is 1. The monoisotopic (exact) mass is 246 g/mol. The second-order valence-electron chi connectivity index (χ2n) is 5.87. The Morgan fingerprint density at radius 1 is 1.39 bits per heavy atom. The molecule has 100 valence electrons. The molecule has 2 unspecified atom stereocenters. The SMILES string of the molecule is Cc1ccc(C)c(C(CN)C2CCCN(C)C2)c1. The molecule has 0 bridgehead atoms. The molecule has 1 saturated heterocycles. The van der Waals surface area contributed by atoms with Crippen LogP contribution in [0.5, 0.6) is 0 Å². The van der Waals surface area contributed by atoms with Crippen molar-refractivity contribution in [2.24, 2.45) is 11.7 Å². The van der Waals surface area contributed by atoms with Crippen LogP contribution in [0.25, 0.3) is 0 Å². The highest BCUT2D eigenvalue weighted by molar-refractivity contribution is 5.34. The van der Waals surface area contributed by atoms with E-state index in [1.54, 1.807) is 0 Å². The van der Waals surface area contributed by atoms with Crippen LogP contribution >= 0.6 is 0 Å². The Kier molecular flexibility index (Phi) is 4.41. The van der Waals surface area contributed by atoms with Crippen molar-refractivity contribution in [2.45, 2.75) is 32.6 Å². The van der Waals surface area contributed by atoms with Gasteiger partial charge in [-0.25, -0.2) is 0 Å². The van der Waals surface area contributed by atoms with E-state index in [-0.39, 0.29) is 0 Å². The van der Waals surface area contributed by atoms with E-state index >= 15 is 0 Å². The Hall–Kier alpha value is -0.860. The lowest BCUT2D eigenvalue weighted by Crippen LogP contribution is -2.37. The van der Waals surface area contributed by atoms with Gasteiger partial charge < -0.3 is 10.6 Å². The molecule has 0 aliphatic carbocycles. The third kappa shape index (κ3) is 2.93. The van der Waals surface area contributed by atoms with Crippen LogP contribution in [0.4, 0.5) is 0 Å². The molecule has 2 heteroatoms. The molecule has 2 rings (SSSR count). The van der Waals surface area contributed by atoms with E-state index in [0.717, 1.165) is 6.54 Å². The smallest absolute Gasteiger partial charge is 0.00129 e. The molecule has 0 spiro atoms. The van der Waals surface area contributed by atoms with Crippen molar-refractivity contribution in [1.82, 2.24) is 4.90 Å². The average Bonchev–Trinajstić information content (AvgIpc) is 2.35. The Bertz CT molecular complexity index is 400. The Labute approximate surface area is 111 Å². The molecule has 2 N–H and O–H groups in total.